The van der Waals surface area contributed by atoms with Crippen molar-refractivity contribution in [2.24, 2.45) is 5.73 Å². The van der Waals surface area contributed by atoms with Gasteiger partial charge in [-0.25, -0.2) is 0 Å². The third-order valence-electron chi connectivity index (χ3n) is 2.63. The van der Waals surface area contributed by atoms with Crippen molar-refractivity contribution < 1.29 is 9.59 Å². The summed E-state index contributed by atoms with van der Waals surface area (Å²) in [5.74, 6) is -0.382. The number of ketones is 1. The summed E-state index contributed by atoms with van der Waals surface area (Å²) in [6.45, 7) is 0.250. The number of aromatic amines is 1. The van der Waals surface area contributed by atoms with Crippen LogP contribution in [0.2, 0.25) is 0 Å². The second-order valence-corrected chi connectivity index (χ2v) is 5.77. The molecule has 2 heterocycles. The molecule has 1 amide bonds. The standard InChI is InChI=1S/C11H13Br2N5O2/c12-5-3-6(17-9(5)13)10(20)15-2-1-8(19)7-4-16-11(14)18-7/h3-4,11,16-18H,1-2,14H2,(H,15,20). The Labute approximate surface area is 132 Å². The molecule has 0 saturated carbocycles. The summed E-state index contributed by atoms with van der Waals surface area (Å²) < 4.78 is 1.46. The van der Waals surface area contributed by atoms with Gasteiger partial charge in [-0.3, -0.25) is 15.3 Å². The molecule has 7 nitrogen and oxygen atoms in total. The zero-order valence-corrected chi connectivity index (χ0v) is 13.5. The summed E-state index contributed by atoms with van der Waals surface area (Å²) in [7, 11) is 0. The average Bonchev–Trinajstić information content (AvgIpc) is 2.96. The summed E-state index contributed by atoms with van der Waals surface area (Å²) >= 11 is 6.53. The third kappa shape index (κ3) is 3.62. The van der Waals surface area contributed by atoms with E-state index in [-0.39, 0.29) is 24.7 Å². The second-order valence-electron chi connectivity index (χ2n) is 4.12. The van der Waals surface area contributed by atoms with E-state index in [0.717, 1.165) is 4.47 Å². The van der Waals surface area contributed by atoms with Crippen LogP contribution in [0.4, 0.5) is 0 Å². The molecule has 0 saturated heterocycles. The number of Topliss-reactive ketones (excluding diaryl/α,β-unsaturated/α-hetero) is 1. The molecule has 20 heavy (non-hydrogen) atoms. The van der Waals surface area contributed by atoms with Crippen molar-refractivity contribution in [2.75, 3.05) is 6.54 Å². The molecule has 1 aromatic rings. The van der Waals surface area contributed by atoms with Crippen LogP contribution < -0.4 is 21.7 Å². The van der Waals surface area contributed by atoms with Gasteiger partial charge in [-0.15, -0.1) is 0 Å². The molecule has 0 spiro atoms. The molecule has 9 heteroatoms. The molecule has 0 bridgehead atoms. The summed E-state index contributed by atoms with van der Waals surface area (Å²) in [5, 5.41) is 8.21. The maximum atomic E-state index is 11.8. The largest absolute Gasteiger partial charge is 0.357 e. The van der Waals surface area contributed by atoms with Crippen LogP contribution in [0.15, 0.2) is 27.0 Å². The summed E-state index contributed by atoms with van der Waals surface area (Å²) in [6, 6.07) is 1.66. The molecule has 1 unspecified atom stereocenters. The monoisotopic (exact) mass is 405 g/mol. The first kappa shape index (κ1) is 15.1. The molecule has 0 aromatic carbocycles. The number of aromatic nitrogens is 1. The van der Waals surface area contributed by atoms with E-state index in [1.165, 1.54) is 6.20 Å². The molecule has 1 aliphatic heterocycles. The highest BCUT2D eigenvalue weighted by Crippen LogP contribution is 2.22. The Hall–Kier alpha value is -1.32. The number of halogens is 2. The van der Waals surface area contributed by atoms with Gasteiger partial charge in [0.25, 0.3) is 5.91 Å². The van der Waals surface area contributed by atoms with Crippen LogP contribution in [-0.2, 0) is 4.79 Å². The fraction of sp³-hybridized carbons (Fsp3) is 0.273. The van der Waals surface area contributed by atoms with Crippen LogP contribution in [0.5, 0.6) is 0 Å². The van der Waals surface area contributed by atoms with Gasteiger partial charge in [-0.1, -0.05) is 0 Å². The SMILES string of the molecule is NC1NC=C(C(=O)CCNC(=O)c2cc(Br)c(Br)[nH]2)N1. The Morgan fingerprint density at radius 2 is 2.15 bits per heavy atom. The van der Waals surface area contributed by atoms with Crippen molar-refractivity contribution in [3.8, 4) is 0 Å². The van der Waals surface area contributed by atoms with E-state index < -0.39 is 6.29 Å². The number of carbonyl (C=O) groups is 2. The lowest BCUT2D eigenvalue weighted by Gasteiger charge is -2.07. The van der Waals surface area contributed by atoms with Crippen LogP contribution in [0.3, 0.4) is 0 Å². The molecule has 1 aliphatic rings. The molecule has 1 aromatic heterocycles. The fourth-order valence-corrected chi connectivity index (χ4v) is 2.29. The molecular weight excluding hydrogens is 394 g/mol. The van der Waals surface area contributed by atoms with Crippen molar-refractivity contribution in [2.45, 2.75) is 12.7 Å². The third-order valence-corrected chi connectivity index (χ3v) is 4.41. The first-order chi connectivity index (χ1) is 9.47. The second kappa shape index (κ2) is 6.42. The van der Waals surface area contributed by atoms with Crippen LogP contribution in [0.25, 0.3) is 0 Å². The van der Waals surface area contributed by atoms with E-state index in [9.17, 15) is 9.59 Å². The summed E-state index contributed by atoms with van der Waals surface area (Å²) in [4.78, 5) is 26.4. The van der Waals surface area contributed by atoms with Gasteiger partial charge in [-0.2, -0.15) is 0 Å². The van der Waals surface area contributed by atoms with Gasteiger partial charge < -0.3 is 20.9 Å². The highest BCUT2D eigenvalue weighted by molar-refractivity contribution is 9.13. The molecule has 0 aliphatic carbocycles. The van der Waals surface area contributed by atoms with E-state index in [2.05, 4.69) is 52.8 Å². The van der Waals surface area contributed by atoms with Gasteiger partial charge in [0.05, 0.1) is 14.8 Å². The lowest BCUT2D eigenvalue weighted by molar-refractivity contribution is -0.115. The maximum Gasteiger partial charge on any atom is 0.267 e. The molecule has 1 atom stereocenters. The minimum atomic E-state index is -0.433. The van der Waals surface area contributed by atoms with Crippen molar-refractivity contribution >= 4 is 43.6 Å². The van der Waals surface area contributed by atoms with Crippen molar-refractivity contribution in [3.63, 3.8) is 0 Å². The first-order valence-electron chi connectivity index (χ1n) is 5.81. The number of H-pyrrole nitrogens is 1. The molecule has 2 rings (SSSR count). The number of nitrogens with one attached hydrogen (secondary N) is 4. The van der Waals surface area contributed by atoms with Gasteiger partial charge in [0.2, 0.25) is 0 Å². The molecule has 0 fully saturated rings. The van der Waals surface area contributed by atoms with Crippen molar-refractivity contribution in [3.05, 3.63) is 32.7 Å². The topological polar surface area (TPSA) is 112 Å². The minimum Gasteiger partial charge on any atom is -0.357 e. The quantitative estimate of drug-likeness (QED) is 0.489. The van der Waals surface area contributed by atoms with Crippen LogP contribution >= 0.6 is 31.9 Å². The van der Waals surface area contributed by atoms with E-state index in [0.29, 0.717) is 16.0 Å². The lowest BCUT2D eigenvalue weighted by atomic mass is 10.2. The smallest absolute Gasteiger partial charge is 0.267 e. The Morgan fingerprint density at radius 1 is 1.40 bits per heavy atom. The highest BCUT2D eigenvalue weighted by atomic mass is 79.9. The number of carbonyl (C=O) groups excluding carboxylic acids is 2. The van der Waals surface area contributed by atoms with E-state index in [1.54, 1.807) is 6.07 Å². The lowest BCUT2D eigenvalue weighted by Crippen LogP contribution is -2.41. The highest BCUT2D eigenvalue weighted by Gasteiger charge is 2.17. The number of rotatable bonds is 5. The fourth-order valence-electron chi connectivity index (χ4n) is 1.63. The Kier molecular flexibility index (Phi) is 4.84. The van der Waals surface area contributed by atoms with Crippen molar-refractivity contribution in [1.82, 2.24) is 20.9 Å². The normalized spacial score (nSPS) is 17.1. The molecule has 0 radical (unpaired) electrons. The minimum absolute atomic E-state index is 0.111. The number of hydrogen-bond donors (Lipinski definition) is 5. The van der Waals surface area contributed by atoms with Crippen LogP contribution in [-0.4, -0.2) is 29.5 Å². The molecule has 108 valence electrons. The van der Waals surface area contributed by atoms with Crippen LogP contribution in [0, 0.1) is 0 Å². The number of amides is 1. The van der Waals surface area contributed by atoms with E-state index >= 15 is 0 Å². The van der Waals surface area contributed by atoms with Crippen LogP contribution in [0.1, 0.15) is 16.9 Å². The van der Waals surface area contributed by atoms with E-state index in [4.69, 9.17) is 5.73 Å². The zero-order valence-electron chi connectivity index (χ0n) is 10.3. The molecule has 6 N–H and O–H groups in total. The number of nitrogens with two attached hydrogens (primary N) is 1. The average molecular weight is 407 g/mol. The molecular formula is C11H13Br2N5O2. The Bertz CT molecular complexity index is 550. The predicted molar refractivity (Wildman–Crippen MR) is 80.5 cm³/mol. The zero-order chi connectivity index (χ0) is 14.7. The van der Waals surface area contributed by atoms with Gasteiger partial charge in [0.1, 0.15) is 12.0 Å². The van der Waals surface area contributed by atoms with E-state index in [1.807, 2.05) is 0 Å². The van der Waals surface area contributed by atoms with Gasteiger partial charge in [-0.05, 0) is 37.9 Å². The van der Waals surface area contributed by atoms with Gasteiger partial charge >= 0.3 is 0 Å². The summed E-state index contributed by atoms with van der Waals surface area (Å²) in [6.07, 6.45) is 1.30. The Morgan fingerprint density at radius 3 is 2.70 bits per heavy atom. The van der Waals surface area contributed by atoms with Gasteiger partial charge in [0.15, 0.2) is 5.78 Å². The number of allylic oxidation sites excluding steroid dienone is 1. The van der Waals surface area contributed by atoms with Gasteiger partial charge in [0, 0.05) is 19.2 Å². The summed E-state index contributed by atoms with van der Waals surface area (Å²) in [5.41, 5.74) is 6.37. The predicted octanol–water partition coefficient (Wildman–Crippen LogP) is 0.505. The number of hydrogen-bond acceptors (Lipinski definition) is 5. The Balaban J connectivity index is 1.78. The maximum absolute atomic E-state index is 11.8. The first-order valence-corrected chi connectivity index (χ1v) is 7.39. The van der Waals surface area contributed by atoms with Crippen molar-refractivity contribution in [1.29, 1.82) is 0 Å².